The van der Waals surface area contributed by atoms with Crippen LogP contribution in [0.15, 0.2) is 18.2 Å². The Morgan fingerprint density at radius 1 is 1.22 bits per heavy atom. The predicted octanol–water partition coefficient (Wildman–Crippen LogP) is 2.74. The lowest BCUT2D eigenvalue weighted by Gasteiger charge is -2.28. The predicted molar refractivity (Wildman–Crippen MR) is 71.1 cm³/mol. The summed E-state index contributed by atoms with van der Waals surface area (Å²) >= 11 is 0. The van der Waals surface area contributed by atoms with Crippen LogP contribution in [0.3, 0.4) is 0 Å². The van der Waals surface area contributed by atoms with Gasteiger partial charge in [-0.15, -0.1) is 0 Å². The molecule has 0 radical (unpaired) electrons. The molecule has 3 rings (SSSR count). The van der Waals surface area contributed by atoms with Gasteiger partial charge >= 0.3 is 0 Å². The number of hydrogen-bond acceptors (Lipinski definition) is 3. The molecule has 0 spiro atoms. The Hall–Kier alpha value is -1.22. The van der Waals surface area contributed by atoms with Crippen LogP contribution in [-0.4, -0.2) is 18.8 Å². The molecule has 1 aliphatic heterocycles. The van der Waals surface area contributed by atoms with E-state index in [9.17, 15) is 0 Å². The second-order valence-corrected chi connectivity index (χ2v) is 5.79. The normalized spacial score (nSPS) is 18.8. The first-order chi connectivity index (χ1) is 8.67. The van der Waals surface area contributed by atoms with Gasteiger partial charge < -0.3 is 14.8 Å². The Labute approximate surface area is 108 Å². The summed E-state index contributed by atoms with van der Waals surface area (Å²) in [5, 5.41) is 3.65. The molecule has 0 atom stereocenters. The molecule has 18 heavy (non-hydrogen) atoms. The lowest BCUT2D eigenvalue weighted by Crippen LogP contribution is -2.40. The van der Waals surface area contributed by atoms with E-state index in [2.05, 4.69) is 25.2 Å². The molecule has 3 nitrogen and oxygen atoms in total. The van der Waals surface area contributed by atoms with Gasteiger partial charge in [0.2, 0.25) is 0 Å². The lowest BCUT2D eigenvalue weighted by atomic mass is 9.98. The maximum Gasteiger partial charge on any atom is 0.165 e. The Morgan fingerprint density at radius 2 is 2.00 bits per heavy atom. The highest BCUT2D eigenvalue weighted by Crippen LogP contribution is 2.40. The third-order valence-electron chi connectivity index (χ3n) is 3.98. The van der Waals surface area contributed by atoms with Crippen LogP contribution in [0.25, 0.3) is 0 Å². The van der Waals surface area contributed by atoms with Gasteiger partial charge in [-0.1, -0.05) is 12.1 Å². The molecule has 1 aromatic carbocycles. The van der Waals surface area contributed by atoms with E-state index in [1.165, 1.54) is 18.4 Å². The summed E-state index contributed by atoms with van der Waals surface area (Å²) in [6.07, 6.45) is 2.71. The number of nitrogens with one attached hydrogen (secondary N) is 1. The molecule has 1 saturated carbocycles. The molecule has 0 saturated heterocycles. The maximum absolute atomic E-state index is 5.73. The average Bonchev–Trinajstić information content (AvgIpc) is 3.21. The molecule has 3 heteroatoms. The van der Waals surface area contributed by atoms with Crippen LogP contribution in [0.2, 0.25) is 0 Å². The van der Waals surface area contributed by atoms with Crippen molar-refractivity contribution in [2.45, 2.75) is 38.8 Å². The molecule has 0 aromatic heterocycles. The standard InChI is InChI=1S/C15H21NO2/c1-15(2,12-6-7-12)16-10-11-4-3-5-13-14(11)18-9-8-17-13/h3-5,12,16H,6-10H2,1-2H3. The smallest absolute Gasteiger partial charge is 0.165 e. The zero-order valence-electron chi connectivity index (χ0n) is 11.2. The number of para-hydroxylation sites is 1. The molecule has 2 aliphatic rings. The van der Waals surface area contributed by atoms with Gasteiger partial charge in [-0.2, -0.15) is 0 Å². The molecule has 1 heterocycles. The van der Waals surface area contributed by atoms with Crippen molar-refractivity contribution in [3.8, 4) is 11.5 Å². The van der Waals surface area contributed by atoms with E-state index in [-0.39, 0.29) is 5.54 Å². The van der Waals surface area contributed by atoms with E-state index >= 15 is 0 Å². The summed E-state index contributed by atoms with van der Waals surface area (Å²) in [5.74, 6) is 2.63. The van der Waals surface area contributed by atoms with Crippen LogP contribution >= 0.6 is 0 Å². The van der Waals surface area contributed by atoms with Crippen molar-refractivity contribution in [1.29, 1.82) is 0 Å². The van der Waals surface area contributed by atoms with E-state index in [1.807, 2.05) is 12.1 Å². The summed E-state index contributed by atoms with van der Waals surface area (Å²) in [7, 11) is 0. The van der Waals surface area contributed by atoms with Gasteiger partial charge in [-0.05, 0) is 38.7 Å². The number of fused-ring (bicyclic) bond motifs is 1. The van der Waals surface area contributed by atoms with Crippen LogP contribution in [-0.2, 0) is 6.54 Å². The molecule has 98 valence electrons. The Kier molecular flexibility index (Phi) is 2.94. The minimum absolute atomic E-state index is 0.220. The first-order valence-electron chi connectivity index (χ1n) is 6.79. The van der Waals surface area contributed by atoms with Gasteiger partial charge in [-0.3, -0.25) is 0 Å². The van der Waals surface area contributed by atoms with Crippen LogP contribution in [0, 0.1) is 5.92 Å². The zero-order valence-corrected chi connectivity index (χ0v) is 11.2. The lowest BCUT2D eigenvalue weighted by molar-refractivity contribution is 0.169. The summed E-state index contributed by atoms with van der Waals surface area (Å²) < 4.78 is 11.3. The van der Waals surface area contributed by atoms with E-state index in [0.29, 0.717) is 13.2 Å². The maximum atomic E-state index is 5.73. The van der Waals surface area contributed by atoms with E-state index in [0.717, 1.165) is 24.0 Å². The van der Waals surface area contributed by atoms with E-state index in [4.69, 9.17) is 9.47 Å². The first kappa shape index (κ1) is 11.8. The van der Waals surface area contributed by atoms with Crippen LogP contribution in [0.4, 0.5) is 0 Å². The van der Waals surface area contributed by atoms with Crippen LogP contribution < -0.4 is 14.8 Å². The van der Waals surface area contributed by atoms with E-state index in [1.54, 1.807) is 0 Å². The zero-order chi connectivity index (χ0) is 12.6. The Balaban J connectivity index is 1.72. The van der Waals surface area contributed by atoms with Gasteiger partial charge in [0, 0.05) is 17.6 Å². The molecule has 1 aliphatic carbocycles. The third kappa shape index (κ3) is 2.32. The monoisotopic (exact) mass is 247 g/mol. The third-order valence-corrected chi connectivity index (χ3v) is 3.98. The number of hydrogen-bond donors (Lipinski definition) is 1. The summed E-state index contributed by atoms with van der Waals surface area (Å²) in [6.45, 7) is 6.72. The molecule has 0 amide bonds. The molecule has 1 fully saturated rings. The second-order valence-electron chi connectivity index (χ2n) is 5.79. The van der Waals surface area contributed by atoms with Crippen molar-refractivity contribution in [1.82, 2.24) is 5.32 Å². The molecule has 0 bridgehead atoms. The topological polar surface area (TPSA) is 30.5 Å². The highest BCUT2D eigenvalue weighted by atomic mass is 16.6. The van der Waals surface area contributed by atoms with Gasteiger partial charge in [0.25, 0.3) is 0 Å². The van der Waals surface area contributed by atoms with Gasteiger partial charge in [-0.25, -0.2) is 0 Å². The molecule has 1 N–H and O–H groups in total. The summed E-state index contributed by atoms with van der Waals surface area (Å²) in [5.41, 5.74) is 1.42. The summed E-state index contributed by atoms with van der Waals surface area (Å²) in [4.78, 5) is 0. The average molecular weight is 247 g/mol. The fourth-order valence-corrected chi connectivity index (χ4v) is 2.55. The minimum Gasteiger partial charge on any atom is -0.486 e. The van der Waals surface area contributed by atoms with Crippen molar-refractivity contribution in [3.05, 3.63) is 23.8 Å². The quantitative estimate of drug-likeness (QED) is 0.887. The highest BCUT2D eigenvalue weighted by Gasteiger charge is 2.37. The van der Waals surface area contributed by atoms with Crippen molar-refractivity contribution >= 4 is 0 Å². The number of benzene rings is 1. The Bertz CT molecular complexity index is 438. The van der Waals surface area contributed by atoms with Crippen LogP contribution in [0.5, 0.6) is 11.5 Å². The second kappa shape index (κ2) is 4.47. The summed E-state index contributed by atoms with van der Waals surface area (Å²) in [6, 6.07) is 6.13. The molecule has 1 aromatic rings. The van der Waals surface area contributed by atoms with Crippen LogP contribution in [0.1, 0.15) is 32.3 Å². The fraction of sp³-hybridized carbons (Fsp3) is 0.600. The highest BCUT2D eigenvalue weighted by molar-refractivity contribution is 5.47. The van der Waals surface area contributed by atoms with Crippen molar-refractivity contribution < 1.29 is 9.47 Å². The largest absolute Gasteiger partial charge is 0.486 e. The fourth-order valence-electron chi connectivity index (χ4n) is 2.55. The van der Waals surface area contributed by atoms with Crippen molar-refractivity contribution in [3.63, 3.8) is 0 Å². The van der Waals surface area contributed by atoms with Gasteiger partial charge in [0.1, 0.15) is 13.2 Å². The minimum atomic E-state index is 0.220. The number of ether oxygens (including phenoxy) is 2. The SMILES string of the molecule is CC(C)(NCc1cccc2c1OCCO2)C1CC1. The van der Waals surface area contributed by atoms with Gasteiger partial charge in [0.15, 0.2) is 11.5 Å². The Morgan fingerprint density at radius 3 is 2.78 bits per heavy atom. The van der Waals surface area contributed by atoms with Crippen molar-refractivity contribution in [2.24, 2.45) is 5.92 Å². The molecular weight excluding hydrogens is 226 g/mol. The van der Waals surface area contributed by atoms with Gasteiger partial charge in [0.05, 0.1) is 0 Å². The van der Waals surface area contributed by atoms with E-state index < -0.39 is 0 Å². The van der Waals surface area contributed by atoms with Crippen molar-refractivity contribution in [2.75, 3.05) is 13.2 Å². The number of rotatable bonds is 4. The molecule has 0 unspecified atom stereocenters. The molecular formula is C15H21NO2. The first-order valence-corrected chi connectivity index (χ1v) is 6.79.